The Balaban J connectivity index is 1.58. The summed E-state index contributed by atoms with van der Waals surface area (Å²) in [6, 6.07) is 13.7. The first-order chi connectivity index (χ1) is 15.2. The van der Waals surface area contributed by atoms with Gasteiger partial charge in [-0.15, -0.1) is 4.83 Å². The highest BCUT2D eigenvalue weighted by atomic mass is 32.2. The molecule has 32 heavy (non-hydrogen) atoms. The van der Waals surface area contributed by atoms with Crippen LogP contribution in [0.3, 0.4) is 0 Å². The highest BCUT2D eigenvalue weighted by Gasteiger charge is 2.16. The molecule has 13 heteroatoms. The van der Waals surface area contributed by atoms with Gasteiger partial charge in [0, 0.05) is 18.1 Å². The van der Waals surface area contributed by atoms with Crippen molar-refractivity contribution in [3.05, 3.63) is 72.6 Å². The van der Waals surface area contributed by atoms with Crippen LogP contribution in [0.25, 0.3) is 0 Å². The lowest BCUT2D eigenvalue weighted by Crippen LogP contribution is -2.43. The minimum Gasteiger partial charge on any atom is -0.332 e. The summed E-state index contributed by atoms with van der Waals surface area (Å²) in [6.45, 7) is 1.98. The van der Waals surface area contributed by atoms with Gasteiger partial charge in [0.25, 0.3) is 20.0 Å². The zero-order valence-corrected chi connectivity index (χ0v) is 19.3. The fourth-order valence-corrected chi connectivity index (χ4v) is 4.53. The molecule has 2 aromatic carbocycles. The minimum absolute atomic E-state index is 0.00869. The molecule has 1 aromatic heterocycles. The normalized spacial score (nSPS) is 11.5. The number of nitrogens with zero attached hydrogens (tertiary/aromatic N) is 2. The lowest BCUT2D eigenvalue weighted by Gasteiger charge is -2.13. The van der Waals surface area contributed by atoms with Gasteiger partial charge >= 0.3 is 0 Å². The lowest BCUT2D eigenvalue weighted by atomic mass is 10.2. The predicted octanol–water partition coefficient (Wildman–Crippen LogP) is 2.02. The molecule has 3 aromatic rings. The number of hydrogen-bond donors (Lipinski definition) is 4. The van der Waals surface area contributed by atoms with Crippen molar-refractivity contribution >= 4 is 49.0 Å². The largest absolute Gasteiger partial charge is 0.332 e. The van der Waals surface area contributed by atoms with Crippen LogP contribution in [0.4, 0.5) is 11.6 Å². The first kappa shape index (κ1) is 23.5. The average Bonchev–Trinajstić information content (AvgIpc) is 2.78. The van der Waals surface area contributed by atoms with E-state index in [1.54, 1.807) is 18.2 Å². The van der Waals surface area contributed by atoms with E-state index in [2.05, 4.69) is 30.3 Å². The van der Waals surface area contributed by atoms with Crippen LogP contribution in [0, 0.1) is 0 Å². The molecule has 1 heterocycles. The van der Waals surface area contributed by atoms with Crippen molar-refractivity contribution in [2.24, 2.45) is 0 Å². The number of sulfonamides is 2. The number of anilines is 2. The second-order valence-corrected chi connectivity index (χ2v) is 10.2. The molecular weight excluding hydrogens is 472 g/mol. The molecule has 4 N–H and O–H groups in total. The van der Waals surface area contributed by atoms with E-state index in [9.17, 15) is 16.8 Å². The Morgan fingerprint density at radius 3 is 2.03 bits per heavy atom. The molecular formula is C19H20N6O4S3. The van der Waals surface area contributed by atoms with Gasteiger partial charge in [0.15, 0.2) is 5.11 Å². The van der Waals surface area contributed by atoms with Crippen LogP contribution in [-0.4, -0.2) is 31.9 Å². The number of aromatic nitrogens is 2. The Morgan fingerprint density at radius 1 is 0.875 bits per heavy atom. The van der Waals surface area contributed by atoms with Gasteiger partial charge < -0.3 is 5.32 Å². The third kappa shape index (κ3) is 6.20. The summed E-state index contributed by atoms with van der Waals surface area (Å²) in [6.07, 6.45) is 3.64. The van der Waals surface area contributed by atoms with E-state index >= 15 is 0 Å². The molecule has 0 aliphatic heterocycles. The molecule has 0 saturated carbocycles. The van der Waals surface area contributed by atoms with Crippen molar-refractivity contribution in [1.29, 1.82) is 0 Å². The third-order valence-electron chi connectivity index (χ3n) is 4.15. The van der Waals surface area contributed by atoms with Crippen molar-refractivity contribution in [3.63, 3.8) is 0 Å². The van der Waals surface area contributed by atoms with E-state index in [0.29, 0.717) is 5.69 Å². The first-order valence-corrected chi connectivity index (χ1v) is 12.6. The fourth-order valence-electron chi connectivity index (χ4n) is 2.49. The van der Waals surface area contributed by atoms with Gasteiger partial charge in [-0.3, -0.25) is 5.43 Å². The summed E-state index contributed by atoms with van der Waals surface area (Å²) in [5, 5.41) is 2.74. The van der Waals surface area contributed by atoms with Crippen molar-refractivity contribution in [1.82, 2.24) is 20.2 Å². The maximum atomic E-state index is 12.4. The summed E-state index contributed by atoms with van der Waals surface area (Å²) in [5.74, 6) is -0.0447. The molecule has 0 spiro atoms. The van der Waals surface area contributed by atoms with Crippen LogP contribution < -0.4 is 20.3 Å². The van der Waals surface area contributed by atoms with E-state index in [1.165, 1.54) is 48.8 Å². The highest BCUT2D eigenvalue weighted by molar-refractivity contribution is 7.92. The van der Waals surface area contributed by atoms with Crippen molar-refractivity contribution < 1.29 is 16.8 Å². The second-order valence-electron chi connectivity index (χ2n) is 6.38. The number of hydrazine groups is 1. The molecule has 168 valence electrons. The number of rotatable bonds is 8. The summed E-state index contributed by atoms with van der Waals surface area (Å²) in [4.78, 5) is 9.92. The van der Waals surface area contributed by atoms with E-state index in [1.807, 2.05) is 6.92 Å². The van der Waals surface area contributed by atoms with Crippen LogP contribution in [-0.2, 0) is 26.5 Å². The van der Waals surface area contributed by atoms with Gasteiger partial charge in [-0.25, -0.2) is 31.5 Å². The highest BCUT2D eigenvalue weighted by Crippen LogP contribution is 2.16. The lowest BCUT2D eigenvalue weighted by molar-refractivity contribution is 0.577. The molecule has 0 atom stereocenters. The molecule has 3 rings (SSSR count). The van der Waals surface area contributed by atoms with Crippen LogP contribution in [0.2, 0.25) is 0 Å². The van der Waals surface area contributed by atoms with Gasteiger partial charge in [0.05, 0.1) is 9.79 Å². The molecule has 10 nitrogen and oxygen atoms in total. The summed E-state index contributed by atoms with van der Waals surface area (Å²) in [7, 11) is -7.68. The zero-order valence-electron chi connectivity index (χ0n) is 16.8. The molecule has 0 saturated heterocycles. The van der Waals surface area contributed by atoms with Crippen molar-refractivity contribution in [3.8, 4) is 0 Å². The zero-order chi connectivity index (χ0) is 23.2. The maximum absolute atomic E-state index is 12.4. The number of benzene rings is 2. The number of thiocarbonyl (C=S) groups is 1. The molecule has 0 aliphatic rings. The third-order valence-corrected chi connectivity index (χ3v) is 6.97. The monoisotopic (exact) mass is 492 g/mol. The van der Waals surface area contributed by atoms with Crippen molar-refractivity contribution in [2.45, 2.75) is 23.1 Å². The standard InChI is InChI=1S/C19H20N6O4S3/c1-2-14-4-8-17(9-5-14)32(28,29)25-23-19(30)22-15-6-10-16(11-7-15)31(26,27)24-18-20-12-3-13-21-18/h3-13,25H,2H2,1H3,(H,20,21,24)(H2,22,23,30). The molecule has 0 amide bonds. The van der Waals surface area contributed by atoms with Gasteiger partial charge in [0.2, 0.25) is 5.95 Å². The summed E-state index contributed by atoms with van der Waals surface area (Å²) < 4.78 is 51.8. The number of nitrogens with one attached hydrogen (secondary N) is 4. The van der Waals surface area contributed by atoms with Crippen LogP contribution >= 0.6 is 12.2 Å². The van der Waals surface area contributed by atoms with E-state index in [0.717, 1.165) is 12.0 Å². The van der Waals surface area contributed by atoms with Crippen LogP contribution in [0.15, 0.2) is 76.8 Å². The van der Waals surface area contributed by atoms with E-state index in [-0.39, 0.29) is 20.9 Å². The van der Waals surface area contributed by atoms with Gasteiger partial charge in [0.1, 0.15) is 0 Å². The van der Waals surface area contributed by atoms with Gasteiger partial charge in [-0.05, 0) is 66.7 Å². The van der Waals surface area contributed by atoms with Crippen molar-refractivity contribution in [2.75, 3.05) is 10.0 Å². The number of aryl methyl sites for hydroxylation is 1. The Morgan fingerprint density at radius 2 is 1.44 bits per heavy atom. The SMILES string of the molecule is CCc1ccc(S(=O)(=O)NNC(=S)Nc2ccc(S(=O)(=O)Nc3ncccn3)cc2)cc1. The fraction of sp³-hybridized carbons (Fsp3) is 0.105. The second kappa shape index (κ2) is 9.99. The quantitative estimate of drug-likeness (QED) is 0.274. The first-order valence-electron chi connectivity index (χ1n) is 9.27. The van der Waals surface area contributed by atoms with Crippen LogP contribution in [0.1, 0.15) is 12.5 Å². The smallest absolute Gasteiger partial charge is 0.264 e. The Kier molecular flexibility index (Phi) is 7.35. The number of hydrogen-bond acceptors (Lipinski definition) is 7. The molecule has 0 bridgehead atoms. The minimum atomic E-state index is -3.87. The van der Waals surface area contributed by atoms with E-state index in [4.69, 9.17) is 12.2 Å². The molecule has 0 fully saturated rings. The molecule has 0 radical (unpaired) electrons. The maximum Gasteiger partial charge on any atom is 0.264 e. The summed E-state index contributed by atoms with van der Waals surface area (Å²) >= 11 is 5.09. The Bertz CT molecular complexity index is 1280. The topological polar surface area (TPSA) is 142 Å². The van der Waals surface area contributed by atoms with Crippen LogP contribution in [0.5, 0.6) is 0 Å². The predicted molar refractivity (Wildman–Crippen MR) is 125 cm³/mol. The molecule has 0 aliphatic carbocycles. The average molecular weight is 493 g/mol. The Labute approximate surface area is 191 Å². The van der Waals surface area contributed by atoms with Gasteiger partial charge in [-0.1, -0.05) is 19.1 Å². The summed E-state index contributed by atoms with van der Waals surface area (Å²) in [5.41, 5.74) is 3.88. The Hall–Kier alpha value is -3.13. The van der Waals surface area contributed by atoms with Gasteiger partial charge in [-0.2, -0.15) is 0 Å². The van der Waals surface area contributed by atoms with E-state index < -0.39 is 20.0 Å². The molecule has 0 unspecified atom stereocenters.